The van der Waals surface area contributed by atoms with Crippen LogP contribution in [0.4, 0.5) is 17.6 Å². The Labute approximate surface area is 71.6 Å². The van der Waals surface area contributed by atoms with Crippen molar-refractivity contribution in [1.82, 2.24) is 9.97 Å². The van der Waals surface area contributed by atoms with Crippen LogP contribution in [0.15, 0.2) is 6.07 Å². The van der Waals surface area contributed by atoms with Crippen LogP contribution < -0.4 is 16.0 Å². The summed E-state index contributed by atoms with van der Waals surface area (Å²) in [5, 5.41) is 8.76. The van der Waals surface area contributed by atoms with Crippen molar-refractivity contribution in [2.24, 2.45) is 0 Å². The van der Waals surface area contributed by atoms with Crippen molar-refractivity contribution in [1.29, 1.82) is 0 Å². The first-order valence-corrected chi connectivity index (χ1v) is 3.72. The summed E-state index contributed by atoms with van der Waals surface area (Å²) in [6, 6.07) is 1.83. The second kappa shape index (κ2) is 3.75. The molecule has 5 nitrogen and oxygen atoms in total. The van der Waals surface area contributed by atoms with Crippen molar-refractivity contribution in [2.75, 3.05) is 37.1 Å². The maximum absolute atomic E-state index is 4.14. The second-order valence-corrected chi connectivity index (χ2v) is 2.21. The molecule has 66 valence electrons. The average Bonchev–Trinajstić information content (AvgIpc) is 2.16. The number of nitrogens with zero attached hydrogens (tertiary/aromatic N) is 2. The Hall–Kier alpha value is -1.52. The standard InChI is InChI=1S/C7H13N5/c1-8-5-4-6(9-2)12-7(10-3)11-5/h4H,1-3H3,(H3,8,9,10,11,12). The lowest BCUT2D eigenvalue weighted by Gasteiger charge is -2.05. The highest BCUT2D eigenvalue weighted by molar-refractivity contribution is 5.51. The van der Waals surface area contributed by atoms with Crippen LogP contribution in [-0.4, -0.2) is 31.1 Å². The lowest BCUT2D eigenvalue weighted by atomic mass is 10.5. The molecule has 0 aliphatic heterocycles. The average molecular weight is 167 g/mol. The molecule has 3 N–H and O–H groups in total. The maximum atomic E-state index is 4.14. The summed E-state index contributed by atoms with van der Waals surface area (Å²) in [5.41, 5.74) is 0. The molecule has 12 heavy (non-hydrogen) atoms. The fourth-order valence-electron chi connectivity index (χ4n) is 0.815. The molecule has 0 aliphatic carbocycles. The van der Waals surface area contributed by atoms with Crippen LogP contribution in [0.1, 0.15) is 0 Å². The number of hydrogen-bond donors (Lipinski definition) is 3. The van der Waals surface area contributed by atoms with Crippen molar-refractivity contribution in [2.45, 2.75) is 0 Å². The van der Waals surface area contributed by atoms with E-state index in [0.717, 1.165) is 11.6 Å². The van der Waals surface area contributed by atoms with Gasteiger partial charge in [-0.25, -0.2) is 0 Å². The van der Waals surface area contributed by atoms with Gasteiger partial charge in [0, 0.05) is 27.2 Å². The molecule has 0 saturated carbocycles. The predicted octanol–water partition coefficient (Wildman–Crippen LogP) is 0.602. The number of rotatable bonds is 3. The van der Waals surface area contributed by atoms with Gasteiger partial charge in [0.15, 0.2) is 0 Å². The number of nitrogens with one attached hydrogen (secondary N) is 3. The molecule has 0 amide bonds. The first kappa shape index (κ1) is 8.58. The smallest absolute Gasteiger partial charge is 0.226 e. The van der Waals surface area contributed by atoms with E-state index in [4.69, 9.17) is 0 Å². The van der Waals surface area contributed by atoms with Gasteiger partial charge in [0.1, 0.15) is 11.6 Å². The third kappa shape index (κ3) is 1.75. The number of anilines is 3. The van der Waals surface area contributed by atoms with Crippen LogP contribution >= 0.6 is 0 Å². The van der Waals surface area contributed by atoms with Crippen molar-refractivity contribution in [3.63, 3.8) is 0 Å². The molecule has 1 aromatic heterocycles. The van der Waals surface area contributed by atoms with Gasteiger partial charge in [-0.15, -0.1) is 0 Å². The van der Waals surface area contributed by atoms with Gasteiger partial charge in [-0.2, -0.15) is 9.97 Å². The molecule has 0 aliphatic rings. The summed E-state index contributed by atoms with van der Waals surface area (Å²) in [7, 11) is 5.43. The fourth-order valence-corrected chi connectivity index (χ4v) is 0.815. The minimum Gasteiger partial charge on any atom is -0.373 e. The van der Waals surface area contributed by atoms with E-state index in [0.29, 0.717) is 5.95 Å². The van der Waals surface area contributed by atoms with E-state index in [1.807, 2.05) is 20.2 Å². The molecule has 0 saturated heterocycles. The zero-order valence-corrected chi connectivity index (χ0v) is 7.47. The van der Waals surface area contributed by atoms with Gasteiger partial charge in [-0.1, -0.05) is 0 Å². The van der Waals surface area contributed by atoms with E-state index in [1.165, 1.54) is 0 Å². The van der Waals surface area contributed by atoms with Crippen molar-refractivity contribution >= 4 is 17.6 Å². The van der Waals surface area contributed by atoms with E-state index in [2.05, 4.69) is 25.9 Å². The fraction of sp³-hybridized carbons (Fsp3) is 0.429. The van der Waals surface area contributed by atoms with E-state index in [9.17, 15) is 0 Å². The summed E-state index contributed by atoms with van der Waals surface area (Å²) >= 11 is 0. The monoisotopic (exact) mass is 167 g/mol. The summed E-state index contributed by atoms with van der Waals surface area (Å²) in [4.78, 5) is 8.29. The lowest BCUT2D eigenvalue weighted by Crippen LogP contribution is -2.03. The Morgan fingerprint density at radius 3 is 1.75 bits per heavy atom. The highest BCUT2D eigenvalue weighted by atomic mass is 15.2. The number of hydrogen-bond acceptors (Lipinski definition) is 5. The molecule has 1 aromatic rings. The molecule has 0 spiro atoms. The molecule has 1 rings (SSSR count). The molecular formula is C7H13N5. The van der Waals surface area contributed by atoms with E-state index >= 15 is 0 Å². The summed E-state index contributed by atoms with van der Waals surface area (Å²) in [6.45, 7) is 0. The van der Waals surface area contributed by atoms with Crippen LogP contribution in [0.25, 0.3) is 0 Å². The van der Waals surface area contributed by atoms with Crippen molar-refractivity contribution < 1.29 is 0 Å². The van der Waals surface area contributed by atoms with Gasteiger partial charge < -0.3 is 16.0 Å². The molecule has 0 radical (unpaired) electrons. The highest BCUT2D eigenvalue weighted by Crippen LogP contribution is 2.11. The van der Waals surface area contributed by atoms with Crippen LogP contribution in [0.2, 0.25) is 0 Å². The van der Waals surface area contributed by atoms with Crippen LogP contribution in [0.3, 0.4) is 0 Å². The Morgan fingerprint density at radius 1 is 0.917 bits per heavy atom. The topological polar surface area (TPSA) is 61.9 Å². The van der Waals surface area contributed by atoms with E-state index < -0.39 is 0 Å². The Balaban J connectivity index is 3.01. The summed E-state index contributed by atoms with van der Waals surface area (Å²) in [6.07, 6.45) is 0. The molecule has 0 fully saturated rings. The van der Waals surface area contributed by atoms with Gasteiger partial charge in [0.25, 0.3) is 0 Å². The third-order valence-corrected chi connectivity index (χ3v) is 1.46. The predicted molar refractivity (Wildman–Crippen MR) is 50.7 cm³/mol. The zero-order chi connectivity index (χ0) is 8.97. The van der Waals surface area contributed by atoms with Gasteiger partial charge in [0.2, 0.25) is 5.95 Å². The SMILES string of the molecule is CNc1cc(NC)nc(NC)n1. The summed E-state index contributed by atoms with van der Waals surface area (Å²) in [5.74, 6) is 2.18. The van der Waals surface area contributed by atoms with E-state index in [-0.39, 0.29) is 0 Å². The molecule has 0 aromatic carbocycles. The van der Waals surface area contributed by atoms with Crippen molar-refractivity contribution in [3.05, 3.63) is 6.07 Å². The molecule has 5 heteroatoms. The van der Waals surface area contributed by atoms with Gasteiger partial charge >= 0.3 is 0 Å². The van der Waals surface area contributed by atoms with Crippen LogP contribution in [-0.2, 0) is 0 Å². The van der Waals surface area contributed by atoms with Gasteiger partial charge in [-0.05, 0) is 0 Å². The molecule has 1 heterocycles. The lowest BCUT2D eigenvalue weighted by molar-refractivity contribution is 1.14. The van der Waals surface area contributed by atoms with Crippen LogP contribution in [0.5, 0.6) is 0 Å². The zero-order valence-electron chi connectivity index (χ0n) is 7.47. The third-order valence-electron chi connectivity index (χ3n) is 1.46. The highest BCUT2D eigenvalue weighted by Gasteiger charge is 1.99. The van der Waals surface area contributed by atoms with Crippen LogP contribution in [0, 0.1) is 0 Å². The van der Waals surface area contributed by atoms with Crippen molar-refractivity contribution in [3.8, 4) is 0 Å². The Kier molecular flexibility index (Phi) is 2.68. The molecular weight excluding hydrogens is 154 g/mol. The molecule has 0 atom stereocenters. The minimum absolute atomic E-state index is 0.603. The first-order chi connectivity index (χ1) is 5.80. The molecule has 0 unspecified atom stereocenters. The quantitative estimate of drug-likeness (QED) is 0.615. The van der Waals surface area contributed by atoms with Gasteiger partial charge in [-0.3, -0.25) is 0 Å². The van der Waals surface area contributed by atoms with Gasteiger partial charge in [0.05, 0.1) is 0 Å². The summed E-state index contributed by atoms with van der Waals surface area (Å²) < 4.78 is 0. The largest absolute Gasteiger partial charge is 0.373 e. The number of aromatic nitrogens is 2. The Bertz CT molecular complexity index is 205. The Morgan fingerprint density at radius 2 is 1.42 bits per heavy atom. The van der Waals surface area contributed by atoms with E-state index in [1.54, 1.807) is 7.05 Å². The maximum Gasteiger partial charge on any atom is 0.226 e. The normalized spacial score (nSPS) is 9.25. The minimum atomic E-state index is 0.603. The second-order valence-electron chi connectivity index (χ2n) is 2.21. The molecule has 0 bridgehead atoms. The first-order valence-electron chi connectivity index (χ1n) is 3.72.